The van der Waals surface area contributed by atoms with E-state index in [1.807, 2.05) is 4.72 Å². The molecule has 0 bridgehead atoms. The number of carbonyl (C=O) groups is 1. The summed E-state index contributed by atoms with van der Waals surface area (Å²) >= 11 is 0. The van der Waals surface area contributed by atoms with Gasteiger partial charge in [0, 0.05) is 6.42 Å². The summed E-state index contributed by atoms with van der Waals surface area (Å²) in [6.45, 7) is 1.90. The zero-order valence-electron chi connectivity index (χ0n) is 7.04. The molecule has 12 heavy (non-hydrogen) atoms. The van der Waals surface area contributed by atoms with Crippen molar-refractivity contribution < 1.29 is 13.2 Å². The Labute approximate surface area is 72.4 Å². The van der Waals surface area contributed by atoms with Crippen molar-refractivity contribution in [2.45, 2.75) is 19.8 Å². The van der Waals surface area contributed by atoms with E-state index in [2.05, 4.69) is 0 Å². The average molecular weight is 194 g/mol. The second-order valence-electron chi connectivity index (χ2n) is 2.34. The Morgan fingerprint density at radius 1 is 1.50 bits per heavy atom. The van der Waals surface area contributed by atoms with Gasteiger partial charge in [0.05, 0.1) is 5.75 Å². The van der Waals surface area contributed by atoms with E-state index >= 15 is 0 Å². The van der Waals surface area contributed by atoms with Crippen molar-refractivity contribution in [3.8, 4) is 0 Å². The zero-order valence-corrected chi connectivity index (χ0v) is 7.86. The summed E-state index contributed by atoms with van der Waals surface area (Å²) in [7, 11) is -3.43. The van der Waals surface area contributed by atoms with Gasteiger partial charge in [0.2, 0.25) is 15.9 Å². The molecule has 0 unspecified atom stereocenters. The van der Waals surface area contributed by atoms with E-state index in [-0.39, 0.29) is 12.2 Å². The Balaban J connectivity index is 3.96. The molecule has 0 atom stereocenters. The van der Waals surface area contributed by atoms with E-state index < -0.39 is 15.9 Å². The highest BCUT2D eigenvalue weighted by Crippen LogP contribution is 1.89. The quantitative estimate of drug-likeness (QED) is 0.599. The first-order chi connectivity index (χ1) is 5.52. The van der Waals surface area contributed by atoms with Crippen LogP contribution in [0.1, 0.15) is 19.8 Å². The van der Waals surface area contributed by atoms with Crippen LogP contribution in [0.4, 0.5) is 0 Å². The minimum Gasteiger partial charge on any atom is -0.330 e. The lowest BCUT2D eigenvalue weighted by atomic mass is 10.5. The van der Waals surface area contributed by atoms with Gasteiger partial charge in [-0.2, -0.15) is 0 Å². The minimum absolute atomic E-state index is 0.0881. The monoisotopic (exact) mass is 194 g/mol. The highest BCUT2D eigenvalue weighted by molar-refractivity contribution is 7.90. The van der Waals surface area contributed by atoms with Gasteiger partial charge in [-0.25, -0.2) is 8.42 Å². The molecular formula is C6H14N2O3S. The predicted molar refractivity (Wildman–Crippen MR) is 45.9 cm³/mol. The van der Waals surface area contributed by atoms with Crippen LogP contribution in [0.2, 0.25) is 0 Å². The molecule has 0 aromatic carbocycles. The third-order valence-electron chi connectivity index (χ3n) is 1.21. The van der Waals surface area contributed by atoms with Crippen molar-refractivity contribution in [1.29, 1.82) is 0 Å². The number of sulfonamides is 1. The predicted octanol–water partition coefficient (Wildman–Crippen LogP) is -0.809. The maximum absolute atomic E-state index is 11.0. The van der Waals surface area contributed by atoms with Gasteiger partial charge >= 0.3 is 0 Å². The Kier molecular flexibility index (Phi) is 4.84. The Morgan fingerprint density at radius 2 is 2.08 bits per heavy atom. The number of hydrogen-bond donors (Lipinski definition) is 2. The summed E-state index contributed by atoms with van der Waals surface area (Å²) in [6.07, 6.45) is 0.536. The molecule has 6 heteroatoms. The fraction of sp³-hybridized carbons (Fsp3) is 0.833. The third-order valence-corrected chi connectivity index (χ3v) is 2.57. The molecule has 0 spiro atoms. The molecule has 0 aromatic heterocycles. The molecule has 0 radical (unpaired) electrons. The molecule has 72 valence electrons. The van der Waals surface area contributed by atoms with E-state index in [0.29, 0.717) is 13.0 Å². The maximum atomic E-state index is 11.0. The fourth-order valence-electron chi connectivity index (χ4n) is 0.570. The van der Waals surface area contributed by atoms with Gasteiger partial charge in [-0.3, -0.25) is 9.52 Å². The van der Waals surface area contributed by atoms with E-state index in [9.17, 15) is 13.2 Å². The Morgan fingerprint density at radius 3 is 2.50 bits per heavy atom. The third kappa shape index (κ3) is 5.09. The number of nitrogens with two attached hydrogens (primary N) is 1. The molecule has 0 rings (SSSR count). The summed E-state index contributed by atoms with van der Waals surface area (Å²) < 4.78 is 23.9. The van der Waals surface area contributed by atoms with Gasteiger partial charge in [-0.15, -0.1) is 0 Å². The van der Waals surface area contributed by atoms with Crippen molar-refractivity contribution in [3.05, 3.63) is 0 Å². The molecule has 0 heterocycles. The van der Waals surface area contributed by atoms with Crippen LogP contribution in [-0.2, 0) is 14.8 Å². The SMILES string of the molecule is CCC(=O)NS(=O)(=O)CCCN. The van der Waals surface area contributed by atoms with Crippen LogP contribution >= 0.6 is 0 Å². The highest BCUT2D eigenvalue weighted by atomic mass is 32.2. The van der Waals surface area contributed by atoms with Gasteiger partial charge in [0.1, 0.15) is 0 Å². The normalized spacial score (nSPS) is 11.2. The minimum atomic E-state index is -3.43. The Hall–Kier alpha value is -0.620. The van der Waals surface area contributed by atoms with Crippen molar-refractivity contribution in [1.82, 2.24) is 4.72 Å². The van der Waals surface area contributed by atoms with Crippen LogP contribution < -0.4 is 10.5 Å². The maximum Gasteiger partial charge on any atom is 0.234 e. The van der Waals surface area contributed by atoms with Gasteiger partial charge in [0.25, 0.3) is 0 Å². The van der Waals surface area contributed by atoms with Gasteiger partial charge in [-0.1, -0.05) is 6.92 Å². The topological polar surface area (TPSA) is 89.3 Å². The van der Waals surface area contributed by atoms with Crippen LogP contribution in [0, 0.1) is 0 Å². The molecule has 0 saturated heterocycles. The molecule has 0 aliphatic rings. The largest absolute Gasteiger partial charge is 0.330 e. The molecule has 0 saturated carbocycles. The van der Waals surface area contributed by atoms with Crippen LogP contribution in [0.15, 0.2) is 0 Å². The highest BCUT2D eigenvalue weighted by Gasteiger charge is 2.11. The summed E-state index contributed by atoms with van der Waals surface area (Å²) in [5, 5.41) is 0. The molecular weight excluding hydrogens is 180 g/mol. The van der Waals surface area contributed by atoms with E-state index in [1.54, 1.807) is 6.92 Å². The number of amides is 1. The second kappa shape index (κ2) is 5.10. The first-order valence-electron chi connectivity index (χ1n) is 3.75. The summed E-state index contributed by atoms with van der Waals surface area (Å²) in [4.78, 5) is 10.7. The van der Waals surface area contributed by atoms with Crippen molar-refractivity contribution >= 4 is 15.9 Å². The Bertz CT molecular complexity index is 235. The molecule has 0 aromatic rings. The average Bonchev–Trinajstić information content (AvgIpc) is 2.00. The lowest BCUT2D eigenvalue weighted by Gasteiger charge is -2.03. The van der Waals surface area contributed by atoms with Gasteiger partial charge in [0.15, 0.2) is 0 Å². The molecule has 5 nitrogen and oxygen atoms in total. The van der Waals surface area contributed by atoms with Crippen molar-refractivity contribution in [2.75, 3.05) is 12.3 Å². The molecule has 0 aliphatic heterocycles. The van der Waals surface area contributed by atoms with Crippen LogP contribution in [0.5, 0.6) is 0 Å². The molecule has 0 fully saturated rings. The smallest absolute Gasteiger partial charge is 0.234 e. The molecule has 1 amide bonds. The van der Waals surface area contributed by atoms with Crippen molar-refractivity contribution in [3.63, 3.8) is 0 Å². The lowest BCUT2D eigenvalue weighted by Crippen LogP contribution is -2.32. The number of rotatable bonds is 5. The van der Waals surface area contributed by atoms with E-state index in [4.69, 9.17) is 5.73 Å². The molecule has 3 N–H and O–H groups in total. The van der Waals surface area contributed by atoms with Gasteiger partial charge in [-0.05, 0) is 13.0 Å². The summed E-state index contributed by atoms with van der Waals surface area (Å²) in [5.74, 6) is -0.568. The second-order valence-corrected chi connectivity index (χ2v) is 4.18. The van der Waals surface area contributed by atoms with E-state index in [1.165, 1.54) is 0 Å². The van der Waals surface area contributed by atoms with Crippen molar-refractivity contribution in [2.24, 2.45) is 5.73 Å². The van der Waals surface area contributed by atoms with Gasteiger partial charge < -0.3 is 5.73 Å². The lowest BCUT2D eigenvalue weighted by molar-refractivity contribution is -0.119. The van der Waals surface area contributed by atoms with E-state index in [0.717, 1.165) is 0 Å². The van der Waals surface area contributed by atoms with Crippen LogP contribution in [0.3, 0.4) is 0 Å². The number of hydrogen-bond acceptors (Lipinski definition) is 4. The van der Waals surface area contributed by atoms with Crippen LogP contribution in [-0.4, -0.2) is 26.6 Å². The zero-order chi connectivity index (χ0) is 9.61. The number of carbonyl (C=O) groups excluding carboxylic acids is 1. The first kappa shape index (κ1) is 11.4. The number of nitrogens with one attached hydrogen (secondary N) is 1. The standard InChI is InChI=1S/C6H14N2O3S/c1-2-6(9)8-12(10,11)5-3-4-7/h2-5,7H2,1H3,(H,8,9). The molecule has 0 aliphatic carbocycles. The summed E-state index contributed by atoms with van der Waals surface area (Å²) in [6, 6.07) is 0. The summed E-state index contributed by atoms with van der Waals surface area (Å²) in [5.41, 5.74) is 5.12. The fourth-order valence-corrected chi connectivity index (χ4v) is 1.71. The first-order valence-corrected chi connectivity index (χ1v) is 5.40. The van der Waals surface area contributed by atoms with Crippen LogP contribution in [0.25, 0.3) is 0 Å².